The van der Waals surface area contributed by atoms with Crippen molar-refractivity contribution in [3.63, 3.8) is 0 Å². The highest BCUT2D eigenvalue weighted by atomic mass is 32.2. The van der Waals surface area contributed by atoms with Crippen LogP contribution in [0, 0.1) is 0 Å². The lowest BCUT2D eigenvalue weighted by Crippen LogP contribution is -2.38. The minimum absolute atomic E-state index is 0.0550. The number of aliphatic hydroxyl groups excluding tert-OH is 1. The molecule has 0 saturated carbocycles. The molecule has 7 heteroatoms. The van der Waals surface area contributed by atoms with E-state index in [1.54, 1.807) is 6.07 Å². The van der Waals surface area contributed by atoms with Gasteiger partial charge in [-0.05, 0) is 24.1 Å². The summed E-state index contributed by atoms with van der Waals surface area (Å²) in [7, 11) is -0.776. The molecule has 0 saturated heterocycles. The predicted octanol–water partition coefficient (Wildman–Crippen LogP) is 1.28. The van der Waals surface area contributed by atoms with E-state index in [0.29, 0.717) is 18.6 Å². The van der Waals surface area contributed by atoms with Gasteiger partial charge in [-0.2, -0.15) is 0 Å². The molecule has 1 unspecified atom stereocenters. The predicted molar refractivity (Wildman–Crippen MR) is 79.8 cm³/mol. The number of ether oxygens (including phenoxy) is 2. The van der Waals surface area contributed by atoms with Crippen LogP contribution >= 0.6 is 0 Å². The van der Waals surface area contributed by atoms with Crippen molar-refractivity contribution in [1.29, 1.82) is 0 Å². The maximum atomic E-state index is 12.5. The van der Waals surface area contributed by atoms with E-state index in [2.05, 4.69) is 4.72 Å². The van der Waals surface area contributed by atoms with Crippen molar-refractivity contribution in [2.24, 2.45) is 0 Å². The van der Waals surface area contributed by atoms with Gasteiger partial charge in [-0.1, -0.05) is 19.4 Å². The van der Waals surface area contributed by atoms with E-state index < -0.39 is 10.0 Å². The molecule has 0 spiro atoms. The molecule has 0 aromatic heterocycles. The smallest absolute Gasteiger partial charge is 0.244 e. The van der Waals surface area contributed by atoms with Crippen molar-refractivity contribution in [2.75, 3.05) is 20.8 Å². The Labute approximate surface area is 126 Å². The number of rotatable bonds is 9. The van der Waals surface area contributed by atoms with E-state index in [-0.39, 0.29) is 23.3 Å². The van der Waals surface area contributed by atoms with E-state index in [9.17, 15) is 8.42 Å². The number of aliphatic hydroxyl groups is 1. The molecule has 1 aromatic rings. The maximum absolute atomic E-state index is 12.5. The lowest BCUT2D eigenvalue weighted by Gasteiger charge is -2.18. The molecule has 1 aromatic carbocycles. The zero-order chi connectivity index (χ0) is 15.9. The standard InChI is InChI=1S/C14H23NO5S/c1-4-5-12(10-19-2)15-21(17,18)14-7-6-11(9-16)8-13(14)20-3/h6-8,12,15-16H,4-5,9-10H2,1-3H3. The van der Waals surface area contributed by atoms with Crippen LogP contribution in [0.25, 0.3) is 0 Å². The number of benzene rings is 1. The summed E-state index contributed by atoms with van der Waals surface area (Å²) < 4.78 is 37.7. The van der Waals surface area contributed by atoms with Crippen molar-refractivity contribution in [1.82, 2.24) is 4.72 Å². The summed E-state index contributed by atoms with van der Waals surface area (Å²) in [5.41, 5.74) is 0.591. The molecule has 0 aliphatic carbocycles. The Balaban J connectivity index is 3.06. The van der Waals surface area contributed by atoms with Gasteiger partial charge in [0.2, 0.25) is 10.0 Å². The van der Waals surface area contributed by atoms with Gasteiger partial charge in [0, 0.05) is 13.2 Å². The van der Waals surface area contributed by atoms with Crippen molar-refractivity contribution in [2.45, 2.75) is 37.3 Å². The van der Waals surface area contributed by atoms with Crippen molar-refractivity contribution in [3.05, 3.63) is 23.8 Å². The molecule has 1 rings (SSSR count). The Morgan fingerprint density at radius 3 is 2.57 bits per heavy atom. The van der Waals surface area contributed by atoms with Crippen LogP contribution < -0.4 is 9.46 Å². The zero-order valence-electron chi connectivity index (χ0n) is 12.6. The largest absolute Gasteiger partial charge is 0.495 e. The first-order valence-corrected chi connectivity index (χ1v) is 8.25. The number of sulfonamides is 1. The van der Waals surface area contributed by atoms with Crippen LogP contribution in [0.4, 0.5) is 0 Å². The number of methoxy groups -OCH3 is 2. The quantitative estimate of drug-likeness (QED) is 0.717. The normalized spacial score (nSPS) is 13.1. The highest BCUT2D eigenvalue weighted by molar-refractivity contribution is 7.89. The highest BCUT2D eigenvalue weighted by Crippen LogP contribution is 2.25. The van der Waals surface area contributed by atoms with Crippen LogP contribution in [0.2, 0.25) is 0 Å². The molecule has 21 heavy (non-hydrogen) atoms. The average molecular weight is 317 g/mol. The third-order valence-electron chi connectivity index (χ3n) is 3.03. The summed E-state index contributed by atoms with van der Waals surface area (Å²) in [6, 6.07) is 4.22. The second kappa shape index (κ2) is 8.33. The van der Waals surface area contributed by atoms with E-state index >= 15 is 0 Å². The molecule has 0 aliphatic heterocycles. The monoisotopic (exact) mass is 317 g/mol. The highest BCUT2D eigenvalue weighted by Gasteiger charge is 2.23. The Bertz CT molecular complexity index is 538. The summed E-state index contributed by atoms with van der Waals surface area (Å²) in [5.74, 6) is 0.210. The summed E-state index contributed by atoms with van der Waals surface area (Å²) in [6.45, 7) is 2.12. The molecule has 0 heterocycles. The summed E-state index contributed by atoms with van der Waals surface area (Å²) in [5, 5.41) is 9.10. The molecule has 0 bridgehead atoms. The first-order chi connectivity index (χ1) is 9.98. The summed E-state index contributed by atoms with van der Waals surface area (Å²) in [6.07, 6.45) is 1.53. The molecule has 0 amide bonds. The Morgan fingerprint density at radius 1 is 1.33 bits per heavy atom. The molecular weight excluding hydrogens is 294 g/mol. The third-order valence-corrected chi connectivity index (χ3v) is 4.59. The van der Waals surface area contributed by atoms with Gasteiger partial charge in [-0.25, -0.2) is 13.1 Å². The minimum Gasteiger partial charge on any atom is -0.495 e. The van der Waals surface area contributed by atoms with Gasteiger partial charge < -0.3 is 14.6 Å². The van der Waals surface area contributed by atoms with Crippen LogP contribution in [0.5, 0.6) is 5.75 Å². The fraction of sp³-hybridized carbons (Fsp3) is 0.571. The zero-order valence-corrected chi connectivity index (χ0v) is 13.4. The van der Waals surface area contributed by atoms with Crippen LogP contribution in [0.1, 0.15) is 25.3 Å². The average Bonchev–Trinajstić information content (AvgIpc) is 2.46. The Hall–Kier alpha value is -1.15. The molecular formula is C14H23NO5S. The third kappa shape index (κ3) is 4.96. The molecule has 0 aliphatic rings. The van der Waals surface area contributed by atoms with E-state index in [4.69, 9.17) is 14.6 Å². The molecule has 0 radical (unpaired) electrons. The van der Waals surface area contributed by atoms with Gasteiger partial charge in [0.05, 0.1) is 20.3 Å². The molecule has 1 atom stereocenters. The van der Waals surface area contributed by atoms with Gasteiger partial charge in [-0.3, -0.25) is 0 Å². The number of nitrogens with one attached hydrogen (secondary N) is 1. The number of hydrogen-bond acceptors (Lipinski definition) is 5. The van der Waals surface area contributed by atoms with Gasteiger partial charge in [0.25, 0.3) is 0 Å². The molecule has 6 nitrogen and oxygen atoms in total. The van der Waals surface area contributed by atoms with Crippen molar-refractivity contribution >= 4 is 10.0 Å². The summed E-state index contributed by atoms with van der Waals surface area (Å²) >= 11 is 0. The molecule has 2 N–H and O–H groups in total. The van der Waals surface area contributed by atoms with Crippen LogP contribution in [-0.4, -0.2) is 40.4 Å². The van der Waals surface area contributed by atoms with E-state index in [1.165, 1.54) is 26.4 Å². The van der Waals surface area contributed by atoms with Gasteiger partial charge in [-0.15, -0.1) is 0 Å². The molecule has 0 fully saturated rings. The maximum Gasteiger partial charge on any atom is 0.244 e. The fourth-order valence-corrected chi connectivity index (χ4v) is 3.45. The van der Waals surface area contributed by atoms with Crippen LogP contribution in [0.3, 0.4) is 0 Å². The first-order valence-electron chi connectivity index (χ1n) is 6.77. The summed E-state index contributed by atoms with van der Waals surface area (Å²) in [4.78, 5) is 0.0550. The van der Waals surface area contributed by atoms with Crippen molar-refractivity contribution < 1.29 is 23.0 Å². The van der Waals surface area contributed by atoms with Crippen LogP contribution in [-0.2, 0) is 21.4 Å². The Kier molecular flexibility index (Phi) is 7.10. The Morgan fingerprint density at radius 2 is 2.05 bits per heavy atom. The van der Waals surface area contributed by atoms with Gasteiger partial charge in [0.15, 0.2) is 0 Å². The lowest BCUT2D eigenvalue weighted by atomic mass is 10.2. The second-order valence-corrected chi connectivity index (χ2v) is 6.39. The first kappa shape index (κ1) is 17.9. The SMILES string of the molecule is CCCC(COC)NS(=O)(=O)c1ccc(CO)cc1OC. The van der Waals surface area contributed by atoms with E-state index in [1.807, 2.05) is 6.92 Å². The molecule has 120 valence electrons. The lowest BCUT2D eigenvalue weighted by molar-refractivity contribution is 0.171. The van der Waals surface area contributed by atoms with Crippen LogP contribution in [0.15, 0.2) is 23.1 Å². The van der Waals surface area contributed by atoms with Gasteiger partial charge in [0.1, 0.15) is 10.6 Å². The minimum atomic E-state index is -3.71. The fourth-order valence-electron chi connectivity index (χ4n) is 2.04. The van der Waals surface area contributed by atoms with Gasteiger partial charge >= 0.3 is 0 Å². The number of hydrogen-bond donors (Lipinski definition) is 2. The topological polar surface area (TPSA) is 84.9 Å². The van der Waals surface area contributed by atoms with Crippen molar-refractivity contribution in [3.8, 4) is 5.75 Å². The van der Waals surface area contributed by atoms with E-state index in [0.717, 1.165) is 6.42 Å². The second-order valence-electron chi connectivity index (χ2n) is 4.71.